The Labute approximate surface area is 168 Å². The van der Waals surface area contributed by atoms with E-state index in [1.807, 2.05) is 0 Å². The van der Waals surface area contributed by atoms with Crippen LogP contribution in [0.15, 0.2) is 6.33 Å². The quantitative estimate of drug-likeness (QED) is 0.201. The van der Waals surface area contributed by atoms with E-state index in [0.717, 1.165) is 13.8 Å². The third-order valence-electron chi connectivity index (χ3n) is 4.15. The second kappa shape index (κ2) is 8.54. The first-order chi connectivity index (χ1) is 14.2. The van der Waals surface area contributed by atoms with Crippen molar-refractivity contribution < 1.29 is 37.7 Å². The topological polar surface area (TPSA) is 170 Å². The van der Waals surface area contributed by atoms with Gasteiger partial charge >= 0.3 is 24.0 Å². The Hall–Kier alpha value is -3.39. The lowest BCUT2D eigenvalue weighted by Gasteiger charge is -2.23. The van der Waals surface area contributed by atoms with Gasteiger partial charge in [0.25, 0.3) is 0 Å². The number of hydrazine groups is 1. The Morgan fingerprint density at radius 1 is 1.17 bits per heavy atom. The maximum atomic E-state index is 13.9. The molecule has 0 radical (unpaired) electrons. The molecule has 4 atom stereocenters. The van der Waals surface area contributed by atoms with Crippen LogP contribution < -0.4 is 11.3 Å². The van der Waals surface area contributed by atoms with Gasteiger partial charge in [0.1, 0.15) is 12.7 Å². The summed E-state index contributed by atoms with van der Waals surface area (Å²) in [5.74, 6) is 3.32. The van der Waals surface area contributed by atoms with Crippen molar-refractivity contribution in [2.24, 2.45) is 5.84 Å². The molecule has 3 N–H and O–H groups in total. The number of hydrogen-bond acceptors (Lipinski definition) is 12. The zero-order valence-corrected chi connectivity index (χ0v) is 16.2. The van der Waals surface area contributed by atoms with Gasteiger partial charge in [0.15, 0.2) is 35.4 Å². The normalized spacial score (nSPS) is 23.2. The van der Waals surface area contributed by atoms with Crippen LogP contribution in [0.5, 0.6) is 0 Å². The number of imidazole rings is 1. The standard InChI is InChI=1S/C16H19FN6O7/c1-6(24)27-4-9-11(28-7(2)25)12(29-8(3)26)15(30-9)23-5-19-10-13(22-18)20-16(17)21-14(10)23/h5,9,11-12,15H,4,18H2,1-3H3,(H,20,21,22)/t9-,11+,12+,15?/m0/s1. The minimum absolute atomic E-state index is 0.0210. The number of nitrogens with zero attached hydrogens (tertiary/aromatic N) is 4. The van der Waals surface area contributed by atoms with Crippen LogP contribution in [-0.4, -0.2) is 62.3 Å². The third-order valence-corrected chi connectivity index (χ3v) is 4.15. The number of anilines is 1. The van der Waals surface area contributed by atoms with Crippen LogP contribution in [0.4, 0.5) is 10.2 Å². The Balaban J connectivity index is 2.05. The summed E-state index contributed by atoms with van der Waals surface area (Å²) in [5, 5.41) is 0. The number of nitrogens with two attached hydrogens (primary N) is 1. The molecule has 0 spiro atoms. The number of nitrogens with one attached hydrogen (secondary N) is 1. The Kier molecular flexibility index (Phi) is 6.07. The average molecular weight is 426 g/mol. The highest BCUT2D eigenvalue weighted by atomic mass is 19.1. The van der Waals surface area contributed by atoms with Crippen LogP contribution in [0.25, 0.3) is 11.2 Å². The summed E-state index contributed by atoms with van der Waals surface area (Å²) >= 11 is 0. The molecule has 0 aromatic carbocycles. The van der Waals surface area contributed by atoms with Crippen molar-refractivity contribution in [3.05, 3.63) is 12.4 Å². The lowest BCUT2D eigenvalue weighted by atomic mass is 10.1. The van der Waals surface area contributed by atoms with Crippen LogP contribution in [0, 0.1) is 6.08 Å². The Bertz CT molecular complexity index is 982. The molecule has 1 aliphatic rings. The number of nitrogen functional groups attached to an aromatic ring is 1. The van der Waals surface area contributed by atoms with Crippen molar-refractivity contribution in [3.8, 4) is 0 Å². The van der Waals surface area contributed by atoms with E-state index in [1.165, 1.54) is 17.8 Å². The fourth-order valence-corrected chi connectivity index (χ4v) is 3.09. The number of esters is 3. The summed E-state index contributed by atoms with van der Waals surface area (Å²) in [6, 6.07) is 0. The summed E-state index contributed by atoms with van der Waals surface area (Å²) in [6.07, 6.45) is -4.25. The van der Waals surface area contributed by atoms with E-state index in [2.05, 4.69) is 20.4 Å². The number of ether oxygens (including phenoxy) is 4. The van der Waals surface area contributed by atoms with Gasteiger partial charge in [-0.05, 0) is 0 Å². The summed E-state index contributed by atoms with van der Waals surface area (Å²) in [7, 11) is 0. The van der Waals surface area contributed by atoms with E-state index in [9.17, 15) is 18.8 Å². The molecule has 2 aromatic heterocycles. The van der Waals surface area contributed by atoms with E-state index >= 15 is 0 Å². The van der Waals surface area contributed by atoms with Gasteiger partial charge in [0, 0.05) is 20.8 Å². The average Bonchev–Trinajstić information content (AvgIpc) is 3.20. The molecule has 14 heteroatoms. The molecule has 162 valence electrons. The van der Waals surface area contributed by atoms with E-state index < -0.39 is 48.5 Å². The monoisotopic (exact) mass is 426 g/mol. The summed E-state index contributed by atoms with van der Waals surface area (Å²) < 4.78 is 36.6. The molecule has 13 nitrogen and oxygen atoms in total. The highest BCUT2D eigenvalue weighted by Gasteiger charge is 2.51. The molecule has 1 aliphatic heterocycles. The van der Waals surface area contributed by atoms with Gasteiger partial charge in [0.05, 0.1) is 6.33 Å². The molecule has 0 bridgehead atoms. The number of rotatable bonds is 6. The number of carbonyl (C=O) groups excluding carboxylic acids is 3. The largest absolute Gasteiger partial charge is 0.463 e. The zero-order chi connectivity index (χ0) is 22.0. The number of hydrogen-bond donors (Lipinski definition) is 2. The van der Waals surface area contributed by atoms with Crippen molar-refractivity contribution in [2.75, 3.05) is 12.0 Å². The van der Waals surface area contributed by atoms with Gasteiger partial charge in [-0.1, -0.05) is 0 Å². The number of carbonyl (C=O) groups is 3. The first-order valence-corrected chi connectivity index (χ1v) is 8.71. The smallest absolute Gasteiger partial charge is 0.312 e. The van der Waals surface area contributed by atoms with Gasteiger partial charge < -0.3 is 24.4 Å². The summed E-state index contributed by atoms with van der Waals surface area (Å²) in [5.41, 5.74) is 2.32. The Morgan fingerprint density at radius 3 is 2.43 bits per heavy atom. The fraction of sp³-hybridized carbons (Fsp3) is 0.500. The summed E-state index contributed by atoms with van der Waals surface area (Å²) in [4.78, 5) is 45.8. The molecule has 3 rings (SSSR count). The minimum atomic E-state index is -1.17. The highest BCUT2D eigenvalue weighted by Crippen LogP contribution is 2.36. The zero-order valence-electron chi connectivity index (χ0n) is 16.2. The Morgan fingerprint density at radius 2 is 1.83 bits per heavy atom. The van der Waals surface area contributed by atoms with Gasteiger partial charge in [-0.3, -0.25) is 19.0 Å². The van der Waals surface area contributed by atoms with E-state index in [4.69, 9.17) is 24.8 Å². The second-order valence-electron chi connectivity index (χ2n) is 6.33. The maximum absolute atomic E-state index is 13.9. The predicted octanol–water partition coefficient (Wildman–Crippen LogP) is -0.425. The van der Waals surface area contributed by atoms with Gasteiger partial charge in [-0.25, -0.2) is 10.8 Å². The van der Waals surface area contributed by atoms with Crippen molar-refractivity contribution in [2.45, 2.75) is 45.3 Å². The van der Waals surface area contributed by atoms with E-state index in [1.54, 1.807) is 0 Å². The third kappa shape index (κ3) is 4.28. The van der Waals surface area contributed by atoms with Gasteiger partial charge in [0.2, 0.25) is 0 Å². The molecule has 2 aromatic rings. The second-order valence-corrected chi connectivity index (χ2v) is 6.33. The molecule has 0 saturated carbocycles. The van der Waals surface area contributed by atoms with Crippen LogP contribution in [0.3, 0.4) is 0 Å². The number of halogens is 1. The van der Waals surface area contributed by atoms with Crippen molar-refractivity contribution in [1.29, 1.82) is 0 Å². The maximum Gasteiger partial charge on any atom is 0.312 e. The van der Waals surface area contributed by atoms with Crippen molar-refractivity contribution in [3.63, 3.8) is 0 Å². The number of aromatic nitrogens is 4. The molecule has 30 heavy (non-hydrogen) atoms. The van der Waals surface area contributed by atoms with Gasteiger partial charge in [-0.2, -0.15) is 14.4 Å². The molecule has 3 heterocycles. The molecule has 0 aliphatic carbocycles. The van der Waals surface area contributed by atoms with Crippen LogP contribution in [0.2, 0.25) is 0 Å². The SMILES string of the molecule is CC(=O)OC[C@@H]1OC(n2cnc3c(NN)nc(F)nc32)[C@H](OC(C)=O)[C@@H]1OC(C)=O. The van der Waals surface area contributed by atoms with Gasteiger partial charge in [-0.15, -0.1) is 0 Å². The fourth-order valence-electron chi connectivity index (χ4n) is 3.09. The lowest BCUT2D eigenvalue weighted by Crippen LogP contribution is -2.40. The molecule has 0 amide bonds. The first-order valence-electron chi connectivity index (χ1n) is 8.71. The predicted molar refractivity (Wildman–Crippen MR) is 94.7 cm³/mol. The highest BCUT2D eigenvalue weighted by molar-refractivity contribution is 5.82. The van der Waals surface area contributed by atoms with Crippen LogP contribution >= 0.6 is 0 Å². The molecular formula is C16H19FN6O7. The minimum Gasteiger partial charge on any atom is -0.463 e. The first kappa shape index (κ1) is 21.3. The summed E-state index contributed by atoms with van der Waals surface area (Å²) in [6.45, 7) is 3.23. The lowest BCUT2D eigenvalue weighted by molar-refractivity contribution is -0.166. The molecular weight excluding hydrogens is 407 g/mol. The van der Waals surface area contributed by atoms with Crippen LogP contribution in [-0.2, 0) is 33.3 Å². The van der Waals surface area contributed by atoms with E-state index in [-0.39, 0.29) is 23.6 Å². The molecule has 1 unspecified atom stereocenters. The van der Waals surface area contributed by atoms with E-state index in [0.29, 0.717) is 0 Å². The number of fused-ring (bicyclic) bond motifs is 1. The van der Waals surface area contributed by atoms with Crippen LogP contribution in [0.1, 0.15) is 27.0 Å². The van der Waals surface area contributed by atoms with Crippen molar-refractivity contribution >= 4 is 34.9 Å². The molecule has 1 saturated heterocycles. The van der Waals surface area contributed by atoms with Crippen molar-refractivity contribution in [1.82, 2.24) is 19.5 Å². The molecule has 1 fully saturated rings.